The van der Waals surface area contributed by atoms with Gasteiger partial charge in [-0.05, 0) is 31.9 Å². The number of likely N-dealkylation sites (tertiary alicyclic amines) is 1. The fourth-order valence-corrected chi connectivity index (χ4v) is 2.31. The number of nitrogens with one attached hydrogen (secondary N) is 1. The van der Waals surface area contributed by atoms with Crippen LogP contribution in [-0.4, -0.2) is 35.5 Å². The molecular weight excluding hydrogens is 285 g/mol. The van der Waals surface area contributed by atoms with E-state index >= 15 is 0 Å². The summed E-state index contributed by atoms with van der Waals surface area (Å²) < 4.78 is 37.5. The van der Waals surface area contributed by atoms with E-state index in [-0.39, 0.29) is 13.0 Å². The Labute approximate surface area is 119 Å². The van der Waals surface area contributed by atoms with Gasteiger partial charge >= 0.3 is 12.1 Å². The van der Waals surface area contributed by atoms with E-state index in [0.717, 1.165) is 5.56 Å². The average Bonchev–Trinajstić information content (AvgIpc) is 2.88. The van der Waals surface area contributed by atoms with Gasteiger partial charge < -0.3 is 10.2 Å². The van der Waals surface area contributed by atoms with E-state index in [4.69, 9.17) is 0 Å². The number of halogens is 3. The van der Waals surface area contributed by atoms with E-state index in [1.54, 1.807) is 24.3 Å². The van der Waals surface area contributed by atoms with E-state index in [1.807, 2.05) is 6.92 Å². The Balaban J connectivity index is 2.07. The Kier molecular flexibility index (Phi) is 4.20. The summed E-state index contributed by atoms with van der Waals surface area (Å²) in [6.45, 7) is 1.83. The number of amides is 2. The van der Waals surface area contributed by atoms with Crippen LogP contribution < -0.4 is 5.32 Å². The number of alkyl halides is 3. The number of hydrogen-bond donors (Lipinski definition) is 1. The molecule has 0 saturated carbocycles. The predicted octanol–water partition coefficient (Wildman–Crippen LogP) is 2.49. The van der Waals surface area contributed by atoms with Crippen LogP contribution in [0.1, 0.15) is 18.4 Å². The molecule has 1 heterocycles. The van der Waals surface area contributed by atoms with Gasteiger partial charge in [-0.1, -0.05) is 17.7 Å². The maximum absolute atomic E-state index is 12.5. The van der Waals surface area contributed by atoms with Gasteiger partial charge in [-0.15, -0.1) is 0 Å². The monoisotopic (exact) mass is 300 g/mol. The predicted molar refractivity (Wildman–Crippen MR) is 70.6 cm³/mol. The van der Waals surface area contributed by atoms with Gasteiger partial charge in [0.2, 0.25) is 5.91 Å². The molecule has 2 amide bonds. The first kappa shape index (κ1) is 15.3. The van der Waals surface area contributed by atoms with Gasteiger partial charge in [0.25, 0.3) is 0 Å². The third-order valence-corrected chi connectivity index (χ3v) is 3.38. The molecule has 0 radical (unpaired) electrons. The lowest BCUT2D eigenvalue weighted by molar-refractivity contribution is -0.186. The summed E-state index contributed by atoms with van der Waals surface area (Å²) >= 11 is 0. The van der Waals surface area contributed by atoms with E-state index in [1.165, 1.54) is 0 Å². The van der Waals surface area contributed by atoms with Gasteiger partial charge in [0.1, 0.15) is 6.04 Å². The first-order chi connectivity index (χ1) is 9.79. The molecule has 1 N–H and O–H groups in total. The van der Waals surface area contributed by atoms with E-state index in [0.29, 0.717) is 17.0 Å². The summed E-state index contributed by atoms with van der Waals surface area (Å²) in [5.74, 6) is -2.54. The first-order valence-corrected chi connectivity index (χ1v) is 6.54. The quantitative estimate of drug-likeness (QED) is 0.912. The summed E-state index contributed by atoms with van der Waals surface area (Å²) in [6.07, 6.45) is -4.33. The number of hydrogen-bond acceptors (Lipinski definition) is 2. The zero-order chi connectivity index (χ0) is 15.6. The lowest BCUT2D eigenvalue weighted by Crippen LogP contribution is -2.48. The van der Waals surface area contributed by atoms with Crippen LogP contribution in [0.4, 0.5) is 18.9 Å². The van der Waals surface area contributed by atoms with Gasteiger partial charge in [-0.25, -0.2) is 0 Å². The highest BCUT2D eigenvalue weighted by molar-refractivity contribution is 5.98. The highest BCUT2D eigenvalue weighted by atomic mass is 19.4. The molecule has 1 aliphatic heterocycles. The van der Waals surface area contributed by atoms with Crippen molar-refractivity contribution in [1.29, 1.82) is 0 Å². The Morgan fingerprint density at radius 3 is 2.43 bits per heavy atom. The highest BCUT2D eigenvalue weighted by Crippen LogP contribution is 2.26. The van der Waals surface area contributed by atoms with Crippen LogP contribution in [-0.2, 0) is 9.59 Å². The molecule has 0 spiro atoms. The number of anilines is 1. The van der Waals surface area contributed by atoms with Crippen molar-refractivity contribution in [2.75, 3.05) is 11.9 Å². The van der Waals surface area contributed by atoms with Gasteiger partial charge in [0, 0.05) is 12.2 Å². The minimum atomic E-state index is -4.95. The zero-order valence-electron chi connectivity index (χ0n) is 11.4. The van der Waals surface area contributed by atoms with Crippen LogP contribution in [0, 0.1) is 6.92 Å². The number of rotatable bonds is 2. The van der Waals surface area contributed by atoms with Crippen LogP contribution in [0.5, 0.6) is 0 Å². The van der Waals surface area contributed by atoms with E-state index in [2.05, 4.69) is 5.32 Å². The summed E-state index contributed by atoms with van der Waals surface area (Å²) in [5, 5.41) is 2.55. The Morgan fingerprint density at radius 1 is 1.24 bits per heavy atom. The summed E-state index contributed by atoms with van der Waals surface area (Å²) in [7, 11) is 0. The van der Waals surface area contributed by atoms with E-state index in [9.17, 15) is 22.8 Å². The van der Waals surface area contributed by atoms with Crippen molar-refractivity contribution >= 4 is 17.5 Å². The number of benzene rings is 1. The fraction of sp³-hybridized carbons (Fsp3) is 0.429. The largest absolute Gasteiger partial charge is 0.471 e. The molecule has 1 aliphatic rings. The first-order valence-electron chi connectivity index (χ1n) is 6.54. The molecule has 2 rings (SSSR count). The second-order valence-electron chi connectivity index (χ2n) is 5.01. The minimum absolute atomic E-state index is 0.0513. The maximum atomic E-state index is 12.5. The van der Waals surface area contributed by atoms with Crippen LogP contribution in [0.15, 0.2) is 24.3 Å². The number of aryl methyl sites for hydroxylation is 1. The van der Waals surface area contributed by atoms with Crippen molar-refractivity contribution in [1.82, 2.24) is 4.90 Å². The van der Waals surface area contributed by atoms with Gasteiger partial charge in [-0.2, -0.15) is 13.2 Å². The van der Waals surface area contributed by atoms with E-state index < -0.39 is 24.0 Å². The lowest BCUT2D eigenvalue weighted by atomic mass is 10.2. The standard InChI is InChI=1S/C14H15F3N2O2/c1-9-4-6-10(7-5-9)18-12(20)11-3-2-8-19(11)13(21)14(15,16)17/h4-7,11H,2-3,8H2,1H3,(H,18,20). The van der Waals surface area contributed by atoms with Gasteiger partial charge in [0.15, 0.2) is 0 Å². The third-order valence-electron chi connectivity index (χ3n) is 3.38. The molecule has 0 aromatic heterocycles. The molecule has 0 aliphatic carbocycles. The van der Waals surface area contributed by atoms with Gasteiger partial charge in [0.05, 0.1) is 0 Å². The molecule has 0 bridgehead atoms. The van der Waals surface area contributed by atoms with Crippen molar-refractivity contribution in [3.05, 3.63) is 29.8 Å². The van der Waals surface area contributed by atoms with Crippen molar-refractivity contribution in [2.45, 2.75) is 32.0 Å². The smallest absolute Gasteiger partial charge is 0.324 e. The summed E-state index contributed by atoms with van der Waals surface area (Å²) in [6, 6.07) is 5.82. The molecule has 1 aromatic carbocycles. The number of nitrogens with zero attached hydrogens (tertiary/aromatic N) is 1. The number of carbonyl (C=O) groups is 2. The van der Waals surface area contributed by atoms with Crippen molar-refractivity contribution in [3.8, 4) is 0 Å². The summed E-state index contributed by atoms with van der Waals surface area (Å²) in [5.41, 5.74) is 1.50. The molecule has 1 saturated heterocycles. The van der Waals surface area contributed by atoms with Gasteiger partial charge in [-0.3, -0.25) is 9.59 Å². The van der Waals surface area contributed by atoms with Crippen LogP contribution in [0.25, 0.3) is 0 Å². The third kappa shape index (κ3) is 3.53. The minimum Gasteiger partial charge on any atom is -0.324 e. The van der Waals surface area contributed by atoms with Crippen molar-refractivity contribution in [2.24, 2.45) is 0 Å². The second kappa shape index (κ2) is 5.75. The molecule has 1 atom stereocenters. The average molecular weight is 300 g/mol. The number of carbonyl (C=O) groups excluding carboxylic acids is 2. The molecule has 21 heavy (non-hydrogen) atoms. The lowest BCUT2D eigenvalue weighted by Gasteiger charge is -2.24. The normalized spacial score (nSPS) is 18.7. The highest BCUT2D eigenvalue weighted by Gasteiger charge is 2.47. The molecule has 1 fully saturated rings. The molecule has 4 nitrogen and oxygen atoms in total. The SMILES string of the molecule is Cc1ccc(NC(=O)C2CCCN2C(=O)C(F)(F)F)cc1. The van der Waals surface area contributed by atoms with Crippen molar-refractivity contribution < 1.29 is 22.8 Å². The van der Waals surface area contributed by atoms with Crippen LogP contribution in [0.2, 0.25) is 0 Å². The Hall–Kier alpha value is -2.05. The van der Waals surface area contributed by atoms with Crippen LogP contribution >= 0.6 is 0 Å². The Morgan fingerprint density at radius 2 is 1.86 bits per heavy atom. The fourth-order valence-electron chi connectivity index (χ4n) is 2.31. The topological polar surface area (TPSA) is 49.4 Å². The molecule has 1 unspecified atom stereocenters. The van der Waals surface area contributed by atoms with Crippen LogP contribution in [0.3, 0.4) is 0 Å². The molecule has 114 valence electrons. The van der Waals surface area contributed by atoms with Crippen molar-refractivity contribution in [3.63, 3.8) is 0 Å². The molecule has 1 aromatic rings. The zero-order valence-corrected chi connectivity index (χ0v) is 11.4. The Bertz CT molecular complexity index is 540. The maximum Gasteiger partial charge on any atom is 0.471 e. The molecule has 7 heteroatoms. The second-order valence-corrected chi connectivity index (χ2v) is 5.01. The summed E-state index contributed by atoms with van der Waals surface area (Å²) in [4.78, 5) is 24.0. The molecular formula is C14H15F3N2O2.